The van der Waals surface area contributed by atoms with Gasteiger partial charge in [0.05, 0.1) is 5.41 Å². The van der Waals surface area contributed by atoms with Crippen LogP contribution in [0, 0.1) is 0 Å². The summed E-state index contributed by atoms with van der Waals surface area (Å²) in [5, 5.41) is 10.0. The second-order valence-electron chi connectivity index (χ2n) is 5.13. The van der Waals surface area contributed by atoms with Gasteiger partial charge in [0.15, 0.2) is 0 Å². The minimum Gasteiger partial charge on any atom is -0.481 e. The predicted octanol–water partition coefficient (Wildman–Crippen LogP) is 3.38. The molecule has 6 heteroatoms. The van der Waals surface area contributed by atoms with E-state index in [0.29, 0.717) is 18.4 Å². The fourth-order valence-electron chi connectivity index (χ4n) is 2.90. The summed E-state index contributed by atoms with van der Waals surface area (Å²) in [6.07, 6.45) is 3.63. The number of benzene rings is 1. The van der Waals surface area contributed by atoms with Crippen LogP contribution in [0.3, 0.4) is 0 Å². The van der Waals surface area contributed by atoms with Crippen LogP contribution in [-0.4, -0.2) is 17.0 Å². The van der Waals surface area contributed by atoms with Gasteiger partial charge in [-0.3, -0.25) is 9.59 Å². The third-order valence-electron chi connectivity index (χ3n) is 3.92. The van der Waals surface area contributed by atoms with Crippen molar-refractivity contribution >= 4 is 35.1 Å². The zero-order chi connectivity index (χ0) is 14.9. The maximum Gasteiger partial charge on any atom is 0.314 e. The summed E-state index contributed by atoms with van der Waals surface area (Å²) < 4.78 is 0. The summed E-state index contributed by atoms with van der Waals surface area (Å²) in [6.45, 7) is 0. The molecule has 1 aliphatic carbocycles. The van der Waals surface area contributed by atoms with E-state index in [9.17, 15) is 14.7 Å². The molecule has 4 nitrogen and oxygen atoms in total. The molecule has 0 heterocycles. The van der Waals surface area contributed by atoms with Crippen LogP contribution in [0.25, 0.3) is 0 Å². The van der Waals surface area contributed by atoms with Gasteiger partial charge in [-0.25, -0.2) is 0 Å². The Balaban J connectivity index is 2.60. The van der Waals surface area contributed by atoms with E-state index >= 15 is 0 Å². The minimum atomic E-state index is -1.07. The van der Waals surface area contributed by atoms with E-state index in [2.05, 4.69) is 0 Å². The molecule has 3 N–H and O–H groups in total. The Morgan fingerprint density at radius 3 is 2.00 bits per heavy atom. The lowest BCUT2D eigenvalue weighted by Crippen LogP contribution is -2.38. The Morgan fingerprint density at radius 1 is 1.10 bits per heavy atom. The monoisotopic (exact) mass is 315 g/mol. The first-order valence-corrected chi connectivity index (χ1v) is 7.17. The molecule has 1 aromatic carbocycles. The highest BCUT2D eigenvalue weighted by atomic mass is 35.5. The maximum atomic E-state index is 11.8. The molecule has 108 valence electrons. The van der Waals surface area contributed by atoms with Crippen LogP contribution in [0.5, 0.6) is 0 Å². The number of carbonyl (C=O) groups is 2. The zero-order valence-electron chi connectivity index (χ0n) is 10.8. The molecule has 1 fully saturated rings. The number of carbonyl (C=O) groups excluding carboxylic acids is 1. The number of aliphatic carboxylic acids is 1. The predicted molar refractivity (Wildman–Crippen MR) is 77.4 cm³/mol. The number of amides is 1. The largest absolute Gasteiger partial charge is 0.481 e. The summed E-state index contributed by atoms with van der Waals surface area (Å²) in [5.74, 6) is -1.57. The molecule has 0 atom stereocenters. The van der Waals surface area contributed by atoms with Crippen LogP contribution in [0.4, 0.5) is 0 Å². The Labute approximate surface area is 126 Å². The molecule has 0 aromatic heterocycles. The van der Waals surface area contributed by atoms with Gasteiger partial charge in [-0.15, -0.1) is 0 Å². The lowest BCUT2D eigenvalue weighted by atomic mass is 9.69. The first-order chi connectivity index (χ1) is 9.38. The van der Waals surface area contributed by atoms with E-state index in [1.165, 1.54) is 12.1 Å². The number of halogens is 2. The molecule has 0 unspecified atom stereocenters. The average Bonchev–Trinajstić information content (AvgIpc) is 2.38. The molecule has 2 rings (SSSR count). The van der Waals surface area contributed by atoms with Crippen molar-refractivity contribution in [3.05, 3.63) is 33.3 Å². The SMILES string of the molecule is NC(=O)c1cc(Cl)c(C2(C(=O)O)CCCCC2)c(Cl)c1. The molecule has 1 amide bonds. The average molecular weight is 316 g/mol. The maximum absolute atomic E-state index is 11.8. The van der Waals surface area contributed by atoms with Gasteiger partial charge in [0, 0.05) is 21.2 Å². The molecule has 0 aliphatic heterocycles. The van der Waals surface area contributed by atoms with Crippen molar-refractivity contribution in [2.75, 3.05) is 0 Å². The van der Waals surface area contributed by atoms with Crippen LogP contribution in [0.1, 0.15) is 48.0 Å². The van der Waals surface area contributed by atoms with Crippen LogP contribution >= 0.6 is 23.2 Å². The summed E-state index contributed by atoms with van der Waals surface area (Å²) in [4.78, 5) is 23.0. The summed E-state index contributed by atoms with van der Waals surface area (Å²) in [6, 6.07) is 2.79. The van der Waals surface area contributed by atoms with Crippen molar-refractivity contribution in [2.45, 2.75) is 37.5 Å². The third-order valence-corrected chi connectivity index (χ3v) is 4.52. The molecule has 1 aliphatic rings. The van der Waals surface area contributed by atoms with Crippen molar-refractivity contribution < 1.29 is 14.7 Å². The topological polar surface area (TPSA) is 80.4 Å². The van der Waals surface area contributed by atoms with Crippen LogP contribution in [0.2, 0.25) is 10.0 Å². The van der Waals surface area contributed by atoms with E-state index in [1.54, 1.807) is 0 Å². The van der Waals surface area contributed by atoms with E-state index in [0.717, 1.165) is 19.3 Å². The van der Waals surface area contributed by atoms with Gasteiger partial charge in [-0.05, 0) is 25.0 Å². The van der Waals surface area contributed by atoms with Crippen molar-refractivity contribution in [2.24, 2.45) is 5.73 Å². The molecule has 1 saturated carbocycles. The second kappa shape index (κ2) is 5.62. The van der Waals surface area contributed by atoms with E-state index in [-0.39, 0.29) is 15.6 Å². The Hall–Kier alpha value is -1.26. The van der Waals surface area contributed by atoms with Crippen LogP contribution < -0.4 is 5.73 Å². The fourth-order valence-corrected chi connectivity index (χ4v) is 3.75. The fraction of sp³-hybridized carbons (Fsp3) is 0.429. The highest BCUT2D eigenvalue weighted by molar-refractivity contribution is 6.37. The molecule has 0 radical (unpaired) electrons. The lowest BCUT2D eigenvalue weighted by Gasteiger charge is -2.35. The Morgan fingerprint density at radius 2 is 1.60 bits per heavy atom. The molecule has 0 spiro atoms. The van der Waals surface area contributed by atoms with Crippen molar-refractivity contribution in [1.82, 2.24) is 0 Å². The summed E-state index contributed by atoms with van der Waals surface area (Å²) >= 11 is 12.4. The summed E-state index contributed by atoms with van der Waals surface area (Å²) in [7, 11) is 0. The first-order valence-electron chi connectivity index (χ1n) is 6.41. The second-order valence-corrected chi connectivity index (χ2v) is 5.94. The molecule has 1 aromatic rings. The zero-order valence-corrected chi connectivity index (χ0v) is 12.3. The minimum absolute atomic E-state index is 0.181. The van der Waals surface area contributed by atoms with Gasteiger partial charge in [0.25, 0.3) is 0 Å². The van der Waals surface area contributed by atoms with E-state index < -0.39 is 17.3 Å². The Kier molecular flexibility index (Phi) is 4.25. The number of carboxylic acid groups (broad SMARTS) is 1. The van der Waals surface area contributed by atoms with E-state index in [1.807, 2.05) is 0 Å². The van der Waals surface area contributed by atoms with Crippen molar-refractivity contribution in [3.8, 4) is 0 Å². The third kappa shape index (κ3) is 2.50. The van der Waals surface area contributed by atoms with Crippen molar-refractivity contribution in [3.63, 3.8) is 0 Å². The number of carboxylic acids is 1. The van der Waals surface area contributed by atoms with Gasteiger partial charge >= 0.3 is 5.97 Å². The number of rotatable bonds is 3. The summed E-state index contributed by atoms with van der Waals surface area (Å²) in [5.41, 5.74) is 4.72. The Bertz CT molecular complexity index is 543. The number of hydrogen-bond donors (Lipinski definition) is 2. The molecular formula is C14H15Cl2NO3. The van der Waals surface area contributed by atoms with Gasteiger partial charge in [-0.2, -0.15) is 0 Å². The molecule has 0 saturated heterocycles. The smallest absolute Gasteiger partial charge is 0.314 e. The quantitative estimate of drug-likeness (QED) is 0.897. The number of hydrogen-bond acceptors (Lipinski definition) is 2. The highest BCUT2D eigenvalue weighted by Gasteiger charge is 2.44. The van der Waals surface area contributed by atoms with Gasteiger partial charge in [-0.1, -0.05) is 42.5 Å². The van der Waals surface area contributed by atoms with E-state index in [4.69, 9.17) is 28.9 Å². The van der Waals surface area contributed by atoms with Gasteiger partial charge in [0.2, 0.25) is 5.91 Å². The van der Waals surface area contributed by atoms with Gasteiger partial charge in [0.1, 0.15) is 0 Å². The molecule has 20 heavy (non-hydrogen) atoms. The van der Waals surface area contributed by atoms with Crippen LogP contribution in [-0.2, 0) is 10.2 Å². The normalized spacial score (nSPS) is 17.7. The molecule has 0 bridgehead atoms. The number of nitrogens with two attached hydrogens (primary N) is 1. The first kappa shape index (κ1) is 15.1. The number of primary amides is 1. The standard InChI is InChI=1S/C14H15Cl2NO3/c15-9-6-8(12(17)18)7-10(16)11(9)14(13(19)20)4-2-1-3-5-14/h6-7H,1-5H2,(H2,17,18)(H,19,20). The lowest BCUT2D eigenvalue weighted by molar-refractivity contribution is -0.145. The highest BCUT2D eigenvalue weighted by Crippen LogP contribution is 2.46. The van der Waals surface area contributed by atoms with Crippen LogP contribution in [0.15, 0.2) is 12.1 Å². The molecular weight excluding hydrogens is 301 g/mol. The van der Waals surface area contributed by atoms with Crippen molar-refractivity contribution in [1.29, 1.82) is 0 Å². The van der Waals surface area contributed by atoms with Gasteiger partial charge < -0.3 is 10.8 Å².